The Hall–Kier alpha value is -4.75. The third kappa shape index (κ3) is 5.32. The number of nitrogens with one attached hydrogen (secondary N) is 1. The number of anilines is 1. The molecule has 0 aliphatic rings. The van der Waals surface area contributed by atoms with Gasteiger partial charge in [-0.3, -0.25) is 19.9 Å². The fourth-order valence-corrected chi connectivity index (χ4v) is 5.97. The van der Waals surface area contributed by atoms with Gasteiger partial charge < -0.3 is 15.5 Å². The first-order chi connectivity index (χ1) is 20.7. The second kappa shape index (κ2) is 11.5. The molecule has 3 N–H and O–H groups in total. The SMILES string of the molecule is CNc1ccnc2c(CC(C)c3ncc(-c4ccnc5c(Cl)cccc45)cc3O)cc(-c3cnc(C(C)C)c(O)c3)cc12. The Morgan fingerprint density at radius 3 is 2.19 bits per heavy atom. The molecule has 0 spiro atoms. The van der Waals surface area contributed by atoms with Crippen molar-refractivity contribution in [3.8, 4) is 33.8 Å². The average Bonchev–Trinajstić information content (AvgIpc) is 3.00. The van der Waals surface area contributed by atoms with Gasteiger partial charge in [0.05, 0.1) is 27.4 Å². The zero-order valence-electron chi connectivity index (χ0n) is 24.4. The van der Waals surface area contributed by atoms with E-state index in [0.29, 0.717) is 28.3 Å². The summed E-state index contributed by atoms with van der Waals surface area (Å²) in [6.45, 7) is 6.06. The molecule has 6 rings (SSSR count). The van der Waals surface area contributed by atoms with Gasteiger partial charge in [-0.15, -0.1) is 0 Å². The molecule has 0 aliphatic heterocycles. The largest absolute Gasteiger partial charge is 0.506 e. The van der Waals surface area contributed by atoms with E-state index in [9.17, 15) is 10.2 Å². The highest BCUT2D eigenvalue weighted by molar-refractivity contribution is 6.35. The summed E-state index contributed by atoms with van der Waals surface area (Å²) < 4.78 is 0. The Balaban J connectivity index is 1.39. The molecule has 0 bridgehead atoms. The first-order valence-electron chi connectivity index (χ1n) is 14.3. The number of aromatic nitrogens is 4. The number of hydrogen-bond donors (Lipinski definition) is 3. The van der Waals surface area contributed by atoms with Gasteiger partial charge in [-0.1, -0.05) is 44.5 Å². The molecule has 4 heterocycles. The van der Waals surface area contributed by atoms with Gasteiger partial charge in [0.1, 0.15) is 11.5 Å². The number of aromatic hydroxyl groups is 2. The van der Waals surface area contributed by atoms with Gasteiger partial charge in [0.25, 0.3) is 0 Å². The second-order valence-corrected chi connectivity index (χ2v) is 11.6. The summed E-state index contributed by atoms with van der Waals surface area (Å²) in [5, 5.41) is 27.6. The van der Waals surface area contributed by atoms with Gasteiger partial charge in [-0.25, -0.2) is 0 Å². The Morgan fingerprint density at radius 2 is 1.44 bits per heavy atom. The average molecular weight is 590 g/mol. The number of rotatable bonds is 7. The van der Waals surface area contributed by atoms with Crippen molar-refractivity contribution in [3.05, 3.63) is 101 Å². The number of nitrogens with zero attached hydrogens (tertiary/aromatic N) is 4. The van der Waals surface area contributed by atoms with E-state index in [1.807, 2.05) is 51.2 Å². The molecule has 1 unspecified atom stereocenters. The Morgan fingerprint density at radius 1 is 0.744 bits per heavy atom. The van der Waals surface area contributed by atoms with Crippen LogP contribution in [0.25, 0.3) is 44.1 Å². The van der Waals surface area contributed by atoms with Crippen LogP contribution in [0, 0.1) is 0 Å². The van der Waals surface area contributed by atoms with Crippen molar-refractivity contribution < 1.29 is 10.2 Å². The summed E-state index contributed by atoms with van der Waals surface area (Å²) in [7, 11) is 1.89. The lowest BCUT2D eigenvalue weighted by molar-refractivity contribution is 0.457. The van der Waals surface area contributed by atoms with E-state index in [4.69, 9.17) is 21.6 Å². The molecule has 8 heteroatoms. The first kappa shape index (κ1) is 28.4. The molecule has 4 aromatic heterocycles. The highest BCUT2D eigenvalue weighted by Gasteiger charge is 2.19. The van der Waals surface area contributed by atoms with Crippen molar-refractivity contribution in [1.82, 2.24) is 19.9 Å². The molecule has 0 saturated heterocycles. The standard InChI is InChI=1S/C35H32ClN5O2/c1-19(2)32-30(42)15-23(17-40-32)21-13-22(34-27(14-21)29(37-4)9-11-38-34)12-20(3)33-31(43)16-24(18-41-33)25-8-10-39-35-26(25)6-5-7-28(35)36/h5-11,13-20,42-43H,12H2,1-4H3,(H,37,38). The van der Waals surface area contributed by atoms with Gasteiger partial charge in [-0.2, -0.15) is 0 Å². The molecule has 43 heavy (non-hydrogen) atoms. The lowest BCUT2D eigenvalue weighted by Gasteiger charge is -2.18. The van der Waals surface area contributed by atoms with Gasteiger partial charge in [0.15, 0.2) is 0 Å². The van der Waals surface area contributed by atoms with Gasteiger partial charge in [0.2, 0.25) is 0 Å². The van der Waals surface area contributed by atoms with E-state index in [0.717, 1.165) is 49.8 Å². The quantitative estimate of drug-likeness (QED) is 0.171. The lowest BCUT2D eigenvalue weighted by atomic mass is 9.91. The number of pyridine rings is 4. The Bertz CT molecular complexity index is 1990. The van der Waals surface area contributed by atoms with E-state index in [1.165, 1.54) is 0 Å². The topological polar surface area (TPSA) is 104 Å². The smallest absolute Gasteiger partial charge is 0.137 e. The van der Waals surface area contributed by atoms with Crippen molar-refractivity contribution in [3.63, 3.8) is 0 Å². The number of para-hydroxylation sites is 1. The van der Waals surface area contributed by atoms with Crippen LogP contribution in [0.1, 0.15) is 49.6 Å². The van der Waals surface area contributed by atoms with E-state index in [1.54, 1.807) is 36.9 Å². The van der Waals surface area contributed by atoms with Crippen LogP contribution in [-0.2, 0) is 6.42 Å². The number of fused-ring (bicyclic) bond motifs is 2. The molecule has 7 nitrogen and oxygen atoms in total. The van der Waals surface area contributed by atoms with Crippen LogP contribution in [-0.4, -0.2) is 37.2 Å². The highest BCUT2D eigenvalue weighted by Crippen LogP contribution is 2.38. The van der Waals surface area contributed by atoms with Gasteiger partial charge >= 0.3 is 0 Å². The molecule has 0 aliphatic carbocycles. The first-order valence-corrected chi connectivity index (χ1v) is 14.6. The van der Waals surface area contributed by atoms with Crippen LogP contribution in [0.2, 0.25) is 5.02 Å². The van der Waals surface area contributed by atoms with Crippen molar-refractivity contribution in [2.45, 2.75) is 39.0 Å². The minimum Gasteiger partial charge on any atom is -0.506 e. The maximum absolute atomic E-state index is 11.2. The molecular weight excluding hydrogens is 558 g/mol. The van der Waals surface area contributed by atoms with Crippen LogP contribution in [0.4, 0.5) is 5.69 Å². The molecule has 0 fully saturated rings. The van der Waals surface area contributed by atoms with E-state index in [2.05, 4.69) is 34.3 Å². The lowest BCUT2D eigenvalue weighted by Crippen LogP contribution is -2.04. The van der Waals surface area contributed by atoms with Crippen molar-refractivity contribution >= 4 is 39.1 Å². The fraction of sp³-hybridized carbons (Fsp3) is 0.200. The normalized spacial score (nSPS) is 12.2. The van der Waals surface area contributed by atoms with E-state index >= 15 is 0 Å². The summed E-state index contributed by atoms with van der Waals surface area (Å²) in [4.78, 5) is 18.4. The third-order valence-electron chi connectivity index (χ3n) is 7.89. The molecule has 0 amide bonds. The summed E-state index contributed by atoms with van der Waals surface area (Å²) >= 11 is 6.38. The zero-order valence-corrected chi connectivity index (χ0v) is 25.2. The Kier molecular flexibility index (Phi) is 7.59. The van der Waals surface area contributed by atoms with Gasteiger partial charge in [-0.05, 0) is 71.5 Å². The predicted octanol–water partition coefficient (Wildman–Crippen LogP) is 8.48. The summed E-state index contributed by atoms with van der Waals surface area (Å²) in [5.74, 6) is 0.301. The maximum atomic E-state index is 11.2. The fourth-order valence-electron chi connectivity index (χ4n) is 5.74. The summed E-state index contributed by atoms with van der Waals surface area (Å²) in [6, 6.07) is 17.2. The third-order valence-corrected chi connectivity index (χ3v) is 8.20. The molecule has 0 radical (unpaired) electrons. The predicted molar refractivity (Wildman–Crippen MR) is 174 cm³/mol. The second-order valence-electron chi connectivity index (χ2n) is 11.2. The highest BCUT2D eigenvalue weighted by atomic mass is 35.5. The summed E-state index contributed by atoms with van der Waals surface area (Å²) in [6.07, 6.45) is 7.69. The summed E-state index contributed by atoms with van der Waals surface area (Å²) in [5.41, 5.74) is 8.23. The van der Waals surface area contributed by atoms with E-state index < -0.39 is 0 Å². The number of hydrogen-bond acceptors (Lipinski definition) is 7. The van der Waals surface area contributed by atoms with Crippen LogP contribution >= 0.6 is 11.6 Å². The molecule has 1 atom stereocenters. The zero-order chi connectivity index (χ0) is 30.2. The Labute approximate surface area is 255 Å². The monoisotopic (exact) mass is 589 g/mol. The number of halogens is 1. The molecule has 216 valence electrons. The molecular formula is C35H32ClN5O2. The van der Waals surface area contributed by atoms with Crippen LogP contribution < -0.4 is 5.32 Å². The van der Waals surface area contributed by atoms with Crippen LogP contribution in [0.5, 0.6) is 11.5 Å². The molecule has 6 aromatic rings. The maximum Gasteiger partial charge on any atom is 0.137 e. The molecule has 0 saturated carbocycles. The van der Waals surface area contributed by atoms with Gasteiger partial charge in [0, 0.05) is 65.3 Å². The van der Waals surface area contributed by atoms with Crippen molar-refractivity contribution in [1.29, 1.82) is 0 Å². The minimum atomic E-state index is -0.119. The molecule has 2 aromatic carbocycles. The van der Waals surface area contributed by atoms with Crippen LogP contribution in [0.15, 0.2) is 79.4 Å². The number of benzene rings is 2. The van der Waals surface area contributed by atoms with Crippen molar-refractivity contribution in [2.75, 3.05) is 12.4 Å². The van der Waals surface area contributed by atoms with Crippen molar-refractivity contribution in [2.24, 2.45) is 0 Å². The van der Waals surface area contributed by atoms with Crippen LogP contribution in [0.3, 0.4) is 0 Å². The minimum absolute atomic E-state index is 0.115. The van der Waals surface area contributed by atoms with E-state index in [-0.39, 0.29) is 23.3 Å².